The first-order valence-corrected chi connectivity index (χ1v) is 6.83. The standard InChI is InChI=1S/C14H20N2S/c1-11-5-6-12(2)13(9-11)17-8-4-7-14(3,16)10-15/h5-6,9H,4,7-8,16H2,1-3H3. The molecule has 2 N–H and O–H groups in total. The van der Waals surface area contributed by atoms with Gasteiger partial charge in [-0.3, -0.25) is 0 Å². The van der Waals surface area contributed by atoms with Gasteiger partial charge in [0, 0.05) is 4.90 Å². The first-order valence-electron chi connectivity index (χ1n) is 5.85. The Labute approximate surface area is 108 Å². The molecule has 0 aliphatic heterocycles. The van der Waals surface area contributed by atoms with Crippen LogP contribution in [0.4, 0.5) is 0 Å². The molecule has 0 aliphatic rings. The Hall–Kier alpha value is -0.980. The van der Waals surface area contributed by atoms with E-state index < -0.39 is 5.54 Å². The fourth-order valence-corrected chi connectivity index (χ4v) is 2.61. The molecule has 17 heavy (non-hydrogen) atoms. The number of hydrogen-bond donors (Lipinski definition) is 1. The van der Waals surface area contributed by atoms with Crippen molar-refractivity contribution in [3.63, 3.8) is 0 Å². The highest BCUT2D eigenvalue weighted by Crippen LogP contribution is 2.25. The summed E-state index contributed by atoms with van der Waals surface area (Å²) in [7, 11) is 0. The number of thioether (sulfide) groups is 1. The van der Waals surface area contributed by atoms with Crippen LogP contribution >= 0.6 is 11.8 Å². The molecule has 1 rings (SSSR count). The molecular formula is C14H20N2S. The van der Waals surface area contributed by atoms with Crippen LogP contribution in [0.5, 0.6) is 0 Å². The number of aryl methyl sites for hydroxylation is 2. The molecule has 3 heteroatoms. The lowest BCUT2D eigenvalue weighted by molar-refractivity contribution is 0.540. The van der Waals surface area contributed by atoms with Gasteiger partial charge in [-0.15, -0.1) is 11.8 Å². The minimum Gasteiger partial charge on any atom is -0.314 e. The molecule has 0 spiro atoms. The minimum atomic E-state index is -0.678. The largest absolute Gasteiger partial charge is 0.314 e. The van der Waals surface area contributed by atoms with Gasteiger partial charge in [0.1, 0.15) is 5.54 Å². The van der Waals surface area contributed by atoms with E-state index in [-0.39, 0.29) is 0 Å². The van der Waals surface area contributed by atoms with Crippen molar-refractivity contribution in [2.75, 3.05) is 5.75 Å². The van der Waals surface area contributed by atoms with E-state index in [1.165, 1.54) is 16.0 Å². The van der Waals surface area contributed by atoms with Crippen LogP contribution in [0.25, 0.3) is 0 Å². The lowest BCUT2D eigenvalue weighted by atomic mass is 10.0. The summed E-state index contributed by atoms with van der Waals surface area (Å²) in [5.74, 6) is 1.01. The maximum absolute atomic E-state index is 8.81. The van der Waals surface area contributed by atoms with Gasteiger partial charge in [-0.25, -0.2) is 0 Å². The highest BCUT2D eigenvalue weighted by atomic mass is 32.2. The van der Waals surface area contributed by atoms with E-state index in [1.54, 1.807) is 6.92 Å². The third-order valence-corrected chi connectivity index (χ3v) is 3.94. The fraction of sp³-hybridized carbons (Fsp3) is 0.500. The molecule has 1 unspecified atom stereocenters. The van der Waals surface area contributed by atoms with Crippen molar-refractivity contribution in [1.29, 1.82) is 5.26 Å². The van der Waals surface area contributed by atoms with Crippen molar-refractivity contribution in [2.24, 2.45) is 5.73 Å². The maximum atomic E-state index is 8.81. The Morgan fingerprint density at radius 2 is 2.12 bits per heavy atom. The molecule has 0 fully saturated rings. The quantitative estimate of drug-likeness (QED) is 0.641. The van der Waals surface area contributed by atoms with Crippen LogP contribution in [-0.2, 0) is 0 Å². The van der Waals surface area contributed by atoms with E-state index in [0.29, 0.717) is 0 Å². The normalized spacial score (nSPS) is 14.1. The number of nitrogens with two attached hydrogens (primary N) is 1. The summed E-state index contributed by atoms with van der Waals surface area (Å²) in [6, 6.07) is 8.63. The predicted molar refractivity (Wildman–Crippen MR) is 74.1 cm³/mol. The molecule has 0 amide bonds. The third kappa shape index (κ3) is 4.80. The van der Waals surface area contributed by atoms with E-state index >= 15 is 0 Å². The summed E-state index contributed by atoms with van der Waals surface area (Å²) in [5.41, 5.74) is 7.71. The second-order valence-corrected chi connectivity index (χ2v) is 5.89. The molecule has 0 saturated carbocycles. The third-order valence-electron chi connectivity index (χ3n) is 2.70. The summed E-state index contributed by atoms with van der Waals surface area (Å²) in [5, 5.41) is 8.81. The summed E-state index contributed by atoms with van der Waals surface area (Å²) in [6.45, 7) is 6.02. The predicted octanol–water partition coefficient (Wildman–Crippen LogP) is 3.42. The zero-order chi connectivity index (χ0) is 12.9. The van der Waals surface area contributed by atoms with Crippen LogP contribution in [-0.4, -0.2) is 11.3 Å². The van der Waals surface area contributed by atoms with Gasteiger partial charge in [-0.1, -0.05) is 17.7 Å². The summed E-state index contributed by atoms with van der Waals surface area (Å²) < 4.78 is 0. The van der Waals surface area contributed by atoms with Crippen LogP contribution in [0.1, 0.15) is 30.9 Å². The molecule has 0 radical (unpaired) electrons. The number of benzene rings is 1. The van der Waals surface area contributed by atoms with Crippen molar-refractivity contribution < 1.29 is 0 Å². The lowest BCUT2D eigenvalue weighted by Crippen LogP contribution is -2.33. The van der Waals surface area contributed by atoms with Gasteiger partial charge in [-0.05, 0) is 51.0 Å². The van der Waals surface area contributed by atoms with Gasteiger partial charge in [0.15, 0.2) is 0 Å². The van der Waals surface area contributed by atoms with Crippen LogP contribution in [0, 0.1) is 25.2 Å². The van der Waals surface area contributed by atoms with E-state index in [4.69, 9.17) is 11.0 Å². The highest BCUT2D eigenvalue weighted by Gasteiger charge is 2.16. The molecular weight excluding hydrogens is 228 g/mol. The number of rotatable bonds is 5. The molecule has 2 nitrogen and oxygen atoms in total. The summed E-state index contributed by atoms with van der Waals surface area (Å²) in [6.07, 6.45) is 1.72. The van der Waals surface area contributed by atoms with Gasteiger partial charge in [-0.2, -0.15) is 5.26 Å². The molecule has 0 saturated heterocycles. The van der Waals surface area contributed by atoms with Gasteiger partial charge in [0.05, 0.1) is 6.07 Å². The average molecular weight is 248 g/mol. The highest BCUT2D eigenvalue weighted by molar-refractivity contribution is 7.99. The SMILES string of the molecule is Cc1ccc(C)c(SCCCC(C)(N)C#N)c1. The minimum absolute atomic E-state index is 0.678. The van der Waals surface area contributed by atoms with E-state index in [0.717, 1.165) is 18.6 Å². The summed E-state index contributed by atoms with van der Waals surface area (Å²) in [4.78, 5) is 1.33. The van der Waals surface area contributed by atoms with Crippen molar-refractivity contribution in [2.45, 2.75) is 44.0 Å². The van der Waals surface area contributed by atoms with E-state index in [2.05, 4.69) is 38.1 Å². The van der Waals surface area contributed by atoms with E-state index in [1.807, 2.05) is 11.8 Å². The monoisotopic (exact) mass is 248 g/mol. The van der Waals surface area contributed by atoms with Crippen molar-refractivity contribution in [1.82, 2.24) is 0 Å². The van der Waals surface area contributed by atoms with Crippen LogP contribution < -0.4 is 5.73 Å². The zero-order valence-electron chi connectivity index (χ0n) is 10.8. The molecule has 0 bridgehead atoms. The smallest absolute Gasteiger partial charge is 0.101 e. The maximum Gasteiger partial charge on any atom is 0.101 e. The number of nitriles is 1. The van der Waals surface area contributed by atoms with Crippen molar-refractivity contribution in [3.8, 4) is 6.07 Å². The lowest BCUT2D eigenvalue weighted by Gasteiger charge is -2.14. The Bertz CT molecular complexity index is 419. The topological polar surface area (TPSA) is 49.8 Å². The van der Waals surface area contributed by atoms with E-state index in [9.17, 15) is 0 Å². The second kappa shape index (κ2) is 6.09. The first-order chi connectivity index (χ1) is 7.94. The molecule has 0 aromatic heterocycles. The Kier molecular flexibility index (Phi) is 5.04. The van der Waals surface area contributed by atoms with Crippen LogP contribution in [0.3, 0.4) is 0 Å². The molecule has 1 atom stereocenters. The van der Waals surface area contributed by atoms with Gasteiger partial charge in [0.2, 0.25) is 0 Å². The summed E-state index contributed by atoms with van der Waals surface area (Å²) >= 11 is 1.85. The number of hydrogen-bond acceptors (Lipinski definition) is 3. The molecule has 0 heterocycles. The van der Waals surface area contributed by atoms with Gasteiger partial charge in [0.25, 0.3) is 0 Å². The number of nitrogens with zero attached hydrogens (tertiary/aromatic N) is 1. The molecule has 1 aromatic rings. The molecule has 0 aliphatic carbocycles. The molecule has 1 aromatic carbocycles. The molecule has 92 valence electrons. The van der Waals surface area contributed by atoms with Gasteiger partial charge < -0.3 is 5.73 Å². The van der Waals surface area contributed by atoms with Crippen molar-refractivity contribution in [3.05, 3.63) is 29.3 Å². The first kappa shape index (κ1) is 14.1. The van der Waals surface area contributed by atoms with Crippen LogP contribution in [0.2, 0.25) is 0 Å². The fourth-order valence-electron chi connectivity index (χ4n) is 1.54. The average Bonchev–Trinajstić information content (AvgIpc) is 2.29. The van der Waals surface area contributed by atoms with Gasteiger partial charge >= 0.3 is 0 Å². The Morgan fingerprint density at radius 3 is 2.76 bits per heavy atom. The van der Waals surface area contributed by atoms with Crippen molar-refractivity contribution >= 4 is 11.8 Å². The van der Waals surface area contributed by atoms with Crippen LogP contribution in [0.15, 0.2) is 23.1 Å². The Balaban J connectivity index is 2.42. The zero-order valence-corrected chi connectivity index (χ0v) is 11.6. The second-order valence-electron chi connectivity index (χ2n) is 4.75. The Morgan fingerprint density at radius 1 is 1.41 bits per heavy atom.